The molecule has 2 aromatic rings. The largest absolute Gasteiger partial charge is 0.270 e. The first kappa shape index (κ1) is 7.25. The summed E-state index contributed by atoms with van der Waals surface area (Å²) >= 11 is 3.26. The first-order chi connectivity index (χ1) is 5.83. The molecule has 0 aromatic carbocycles. The van der Waals surface area contributed by atoms with Gasteiger partial charge in [-0.15, -0.1) is 0 Å². The highest BCUT2D eigenvalue weighted by atomic mass is 79.9. The second-order valence-corrected chi connectivity index (χ2v) is 3.02. The van der Waals surface area contributed by atoms with Gasteiger partial charge in [-0.05, 0) is 15.9 Å². The molecule has 0 atom stereocenters. The Morgan fingerprint density at radius 2 is 2.33 bits per heavy atom. The number of nitrogens with zero attached hydrogens (tertiary/aromatic N) is 3. The van der Waals surface area contributed by atoms with E-state index in [-0.39, 0.29) is 0 Å². The monoisotopic (exact) mass is 222 g/mol. The average Bonchev–Trinajstić information content (AvgIpc) is 2.48. The topological polar surface area (TPSA) is 65.4 Å². The van der Waals surface area contributed by atoms with E-state index in [2.05, 4.69) is 31.1 Å². The lowest BCUT2D eigenvalue weighted by Crippen LogP contribution is -1.79. The second kappa shape index (κ2) is 2.57. The standard InChI is InChI=1S/C7H3BrN4/c8-7-6-4(1-9)2-10-3-5(6)11-12-7/h2-3H,(H,11,12). The number of nitriles is 1. The highest BCUT2D eigenvalue weighted by Gasteiger charge is 2.07. The summed E-state index contributed by atoms with van der Waals surface area (Å²) in [7, 11) is 0. The van der Waals surface area contributed by atoms with Crippen molar-refractivity contribution in [3.8, 4) is 6.07 Å². The Morgan fingerprint density at radius 1 is 1.50 bits per heavy atom. The molecule has 0 spiro atoms. The van der Waals surface area contributed by atoms with Crippen molar-refractivity contribution >= 4 is 26.8 Å². The van der Waals surface area contributed by atoms with Crippen LogP contribution in [0, 0.1) is 11.3 Å². The van der Waals surface area contributed by atoms with E-state index < -0.39 is 0 Å². The summed E-state index contributed by atoms with van der Waals surface area (Å²) in [6, 6.07) is 2.04. The maximum Gasteiger partial charge on any atom is 0.113 e. The van der Waals surface area contributed by atoms with Crippen molar-refractivity contribution in [3.63, 3.8) is 0 Å². The van der Waals surface area contributed by atoms with Crippen LogP contribution in [0.4, 0.5) is 0 Å². The summed E-state index contributed by atoms with van der Waals surface area (Å²) in [5, 5.41) is 16.2. The molecule has 4 nitrogen and oxygen atoms in total. The average molecular weight is 223 g/mol. The van der Waals surface area contributed by atoms with Crippen LogP contribution >= 0.6 is 15.9 Å². The number of nitrogens with one attached hydrogen (secondary N) is 1. The van der Waals surface area contributed by atoms with Crippen molar-refractivity contribution in [2.24, 2.45) is 0 Å². The predicted molar refractivity (Wildman–Crippen MR) is 46.3 cm³/mol. The van der Waals surface area contributed by atoms with E-state index in [0.29, 0.717) is 11.1 Å². The van der Waals surface area contributed by atoms with Gasteiger partial charge in [0.15, 0.2) is 0 Å². The van der Waals surface area contributed by atoms with Crippen molar-refractivity contribution in [2.75, 3.05) is 0 Å². The van der Waals surface area contributed by atoms with Crippen LogP contribution in [0.25, 0.3) is 10.9 Å². The number of hydrogen-bond acceptors (Lipinski definition) is 3. The highest BCUT2D eigenvalue weighted by molar-refractivity contribution is 9.10. The third-order valence-electron chi connectivity index (χ3n) is 1.54. The third kappa shape index (κ3) is 0.889. The molecule has 0 saturated carbocycles. The van der Waals surface area contributed by atoms with E-state index in [1.54, 1.807) is 6.20 Å². The molecule has 12 heavy (non-hydrogen) atoms. The fraction of sp³-hybridized carbons (Fsp3) is 0. The van der Waals surface area contributed by atoms with Gasteiger partial charge in [0.2, 0.25) is 0 Å². The van der Waals surface area contributed by atoms with Crippen molar-refractivity contribution in [3.05, 3.63) is 22.6 Å². The Morgan fingerprint density at radius 3 is 3.08 bits per heavy atom. The molecule has 0 fully saturated rings. The Labute approximate surface area is 76.4 Å². The summed E-state index contributed by atoms with van der Waals surface area (Å²) < 4.78 is 0.719. The highest BCUT2D eigenvalue weighted by Crippen LogP contribution is 2.22. The van der Waals surface area contributed by atoms with Gasteiger partial charge in [-0.1, -0.05) is 0 Å². The molecule has 0 amide bonds. The molecule has 0 unspecified atom stereocenters. The van der Waals surface area contributed by atoms with Gasteiger partial charge in [0.1, 0.15) is 16.2 Å². The lowest BCUT2D eigenvalue weighted by molar-refractivity contribution is 1.09. The van der Waals surface area contributed by atoms with Gasteiger partial charge in [-0.2, -0.15) is 10.4 Å². The lowest BCUT2D eigenvalue weighted by atomic mass is 10.2. The fourth-order valence-electron chi connectivity index (χ4n) is 1.01. The van der Waals surface area contributed by atoms with Crippen LogP contribution in [0.1, 0.15) is 5.56 Å². The van der Waals surface area contributed by atoms with E-state index in [0.717, 1.165) is 9.99 Å². The fourth-order valence-corrected chi connectivity index (χ4v) is 1.52. The molecular formula is C7H3BrN4. The zero-order chi connectivity index (χ0) is 8.55. The number of H-pyrrole nitrogens is 1. The first-order valence-electron chi connectivity index (χ1n) is 3.20. The molecule has 5 heteroatoms. The molecule has 58 valence electrons. The van der Waals surface area contributed by atoms with Crippen molar-refractivity contribution < 1.29 is 0 Å². The van der Waals surface area contributed by atoms with Gasteiger partial charge in [-0.25, -0.2) is 0 Å². The van der Waals surface area contributed by atoms with Crippen LogP contribution in [0.5, 0.6) is 0 Å². The normalized spacial score (nSPS) is 10.0. The molecule has 0 aliphatic carbocycles. The third-order valence-corrected chi connectivity index (χ3v) is 2.11. The molecule has 1 N–H and O–H groups in total. The summed E-state index contributed by atoms with van der Waals surface area (Å²) in [5.74, 6) is 0. The van der Waals surface area contributed by atoms with Crippen LogP contribution in [0.3, 0.4) is 0 Å². The quantitative estimate of drug-likeness (QED) is 0.737. The number of rotatable bonds is 0. The van der Waals surface area contributed by atoms with Gasteiger partial charge in [0, 0.05) is 6.20 Å². The summed E-state index contributed by atoms with van der Waals surface area (Å²) in [4.78, 5) is 3.87. The maximum atomic E-state index is 8.73. The summed E-state index contributed by atoms with van der Waals surface area (Å²) in [5.41, 5.74) is 1.22. The zero-order valence-electron chi connectivity index (χ0n) is 5.87. The van der Waals surface area contributed by atoms with Crippen molar-refractivity contribution in [1.29, 1.82) is 5.26 Å². The Bertz CT molecular complexity index is 468. The van der Waals surface area contributed by atoms with E-state index in [1.807, 2.05) is 6.07 Å². The van der Waals surface area contributed by atoms with Gasteiger partial charge in [0.05, 0.1) is 17.1 Å². The first-order valence-corrected chi connectivity index (χ1v) is 4.00. The minimum atomic E-state index is 0.521. The summed E-state index contributed by atoms with van der Waals surface area (Å²) in [6.07, 6.45) is 3.13. The van der Waals surface area contributed by atoms with E-state index >= 15 is 0 Å². The van der Waals surface area contributed by atoms with Crippen LogP contribution in [-0.2, 0) is 0 Å². The zero-order valence-corrected chi connectivity index (χ0v) is 7.46. The maximum absolute atomic E-state index is 8.73. The Balaban J connectivity index is 2.96. The number of pyridine rings is 1. The Kier molecular flexibility index (Phi) is 1.55. The number of aromatic amines is 1. The van der Waals surface area contributed by atoms with E-state index in [9.17, 15) is 0 Å². The number of fused-ring (bicyclic) bond motifs is 1. The minimum Gasteiger partial charge on any atom is -0.270 e. The van der Waals surface area contributed by atoms with Crippen LogP contribution in [0.2, 0.25) is 0 Å². The molecule has 0 aliphatic rings. The minimum absolute atomic E-state index is 0.521. The smallest absolute Gasteiger partial charge is 0.113 e. The van der Waals surface area contributed by atoms with Gasteiger partial charge in [-0.3, -0.25) is 10.1 Å². The van der Waals surface area contributed by atoms with Crippen LogP contribution in [0.15, 0.2) is 17.0 Å². The van der Waals surface area contributed by atoms with Crippen LogP contribution in [-0.4, -0.2) is 15.2 Å². The van der Waals surface area contributed by atoms with Crippen LogP contribution < -0.4 is 0 Å². The molecule has 0 bridgehead atoms. The van der Waals surface area contributed by atoms with Gasteiger partial charge >= 0.3 is 0 Å². The number of halogens is 1. The van der Waals surface area contributed by atoms with Gasteiger partial charge < -0.3 is 0 Å². The van der Waals surface area contributed by atoms with E-state index in [4.69, 9.17) is 5.26 Å². The predicted octanol–water partition coefficient (Wildman–Crippen LogP) is 1.59. The van der Waals surface area contributed by atoms with E-state index in [1.165, 1.54) is 6.20 Å². The van der Waals surface area contributed by atoms with Crippen molar-refractivity contribution in [1.82, 2.24) is 15.2 Å². The van der Waals surface area contributed by atoms with Gasteiger partial charge in [0.25, 0.3) is 0 Å². The molecule has 0 aliphatic heterocycles. The lowest BCUT2D eigenvalue weighted by Gasteiger charge is -1.89. The summed E-state index contributed by atoms with van der Waals surface area (Å²) in [6.45, 7) is 0. The Hall–Kier alpha value is -1.41. The van der Waals surface area contributed by atoms with Crippen molar-refractivity contribution in [2.45, 2.75) is 0 Å². The number of aromatic nitrogens is 3. The molecular weight excluding hydrogens is 220 g/mol. The molecule has 2 heterocycles. The second-order valence-electron chi connectivity index (χ2n) is 2.23. The molecule has 0 radical (unpaired) electrons. The molecule has 0 saturated heterocycles. The SMILES string of the molecule is N#Cc1cncc2n[nH]c(Br)c12. The number of hydrogen-bond donors (Lipinski definition) is 1. The molecule has 2 rings (SSSR count). The molecule has 2 aromatic heterocycles.